The molecule has 7 atom stereocenters. The first-order chi connectivity index (χ1) is 26.5. The number of carbonyl (C=O) groups is 6. The summed E-state index contributed by atoms with van der Waals surface area (Å²) in [6, 6.07) is 11.6. The topological polar surface area (TPSA) is 175 Å². The Bertz CT molecular complexity index is 1710. The van der Waals surface area contributed by atoms with Crippen LogP contribution < -0.4 is 16.2 Å². The van der Waals surface area contributed by atoms with Crippen LogP contribution in [0.15, 0.2) is 60.7 Å². The smallest absolute Gasteiger partial charge is 0.269 e. The Labute approximate surface area is 322 Å². The highest BCUT2D eigenvalue weighted by molar-refractivity contribution is 5.98. The van der Waals surface area contributed by atoms with Crippen LogP contribution in [-0.2, 0) is 41.6 Å². The van der Waals surface area contributed by atoms with E-state index in [2.05, 4.69) is 16.2 Å². The van der Waals surface area contributed by atoms with Crippen LogP contribution in [0.1, 0.15) is 69.9 Å². The Morgan fingerprint density at radius 1 is 0.691 bits per heavy atom. The lowest BCUT2D eigenvalue weighted by Gasteiger charge is -2.44. The second-order valence-electron chi connectivity index (χ2n) is 15.2. The number of hydrogen-bond acceptors (Lipinski definition) is 9. The van der Waals surface area contributed by atoms with E-state index in [0.717, 1.165) is 5.56 Å². The van der Waals surface area contributed by atoms with Crippen LogP contribution in [0.5, 0.6) is 0 Å². The minimum atomic E-state index is -1.41. The Morgan fingerprint density at radius 3 is 1.84 bits per heavy atom. The Balaban J connectivity index is 1.45. The van der Waals surface area contributed by atoms with Gasteiger partial charge < -0.3 is 15.1 Å². The fourth-order valence-corrected chi connectivity index (χ4v) is 8.24. The monoisotopic (exact) mass is 758 g/mol. The zero-order valence-electron chi connectivity index (χ0n) is 31.9. The molecule has 15 nitrogen and oxygen atoms in total. The molecule has 2 aromatic rings. The molecular formula is C40H54N8O7. The molecule has 4 heterocycles. The molecule has 4 aliphatic heterocycles. The molecule has 55 heavy (non-hydrogen) atoms. The molecule has 2 aromatic carbocycles. The molecule has 4 saturated heterocycles. The van der Waals surface area contributed by atoms with Gasteiger partial charge in [0.05, 0.1) is 0 Å². The van der Waals surface area contributed by atoms with Crippen LogP contribution in [0.25, 0.3) is 0 Å². The first-order valence-electron chi connectivity index (χ1n) is 19.6. The van der Waals surface area contributed by atoms with Gasteiger partial charge >= 0.3 is 0 Å². The van der Waals surface area contributed by atoms with Gasteiger partial charge in [-0.2, -0.15) is 0 Å². The summed E-state index contributed by atoms with van der Waals surface area (Å²) >= 11 is 0. The number of nitrogens with zero attached hydrogens (tertiary/aromatic N) is 5. The van der Waals surface area contributed by atoms with Crippen molar-refractivity contribution in [3.05, 3.63) is 71.8 Å². The lowest BCUT2D eigenvalue weighted by Crippen LogP contribution is -2.69. The number of carbonyl (C=O) groups excluding carboxylic acids is 6. The van der Waals surface area contributed by atoms with Gasteiger partial charge in [0.2, 0.25) is 17.7 Å². The molecule has 15 heteroatoms. The first kappa shape index (κ1) is 39.8. The van der Waals surface area contributed by atoms with Crippen LogP contribution in [0.3, 0.4) is 0 Å². The number of benzene rings is 2. The summed E-state index contributed by atoms with van der Waals surface area (Å²) in [5.74, 6) is -4.06. The van der Waals surface area contributed by atoms with E-state index in [0.29, 0.717) is 62.2 Å². The lowest BCUT2D eigenvalue weighted by molar-refractivity contribution is -0.193. The zero-order chi connectivity index (χ0) is 39.2. The van der Waals surface area contributed by atoms with Crippen LogP contribution in [-0.4, -0.2) is 128 Å². The van der Waals surface area contributed by atoms with Crippen molar-refractivity contribution in [1.82, 2.24) is 41.0 Å². The van der Waals surface area contributed by atoms with E-state index in [9.17, 15) is 34.0 Å². The van der Waals surface area contributed by atoms with E-state index in [4.69, 9.17) is 0 Å². The number of likely N-dealkylation sites (N-methyl/N-ethyl adjacent to an activating group) is 1. The molecule has 0 saturated carbocycles. The fourth-order valence-electron chi connectivity index (χ4n) is 8.24. The number of hydroxylamine groups is 2. The molecule has 4 fully saturated rings. The standard InChI is InChI=1S/C40H54N8O7/c1-4-26(2)34-40(54)47-32(19-12-22-42-47)39(53)46-31(18-11-21-41-46)37(51)44(3)33(25-28-16-9-6-10-17-28)38(52)45-23-13-20-30(45)35(49)43-29(36(50)48(34)55)24-27-14-7-5-8-15-27/h5-10,14-17,26,29-34,41-42,55H,4,11-13,18-25H2,1-3H3,(H,43,49)/t26-,29-,30+,31+,32-,33-,34+/m1/s1. The maximum atomic E-state index is 14.7. The van der Waals surface area contributed by atoms with Gasteiger partial charge in [-0.1, -0.05) is 80.9 Å². The molecule has 0 bridgehead atoms. The molecule has 6 amide bonds. The lowest BCUT2D eigenvalue weighted by atomic mass is 9.95. The van der Waals surface area contributed by atoms with Gasteiger partial charge in [-0.3, -0.25) is 44.0 Å². The summed E-state index contributed by atoms with van der Waals surface area (Å²) < 4.78 is 0. The third kappa shape index (κ3) is 8.53. The molecule has 0 aliphatic carbocycles. The normalized spacial score (nSPS) is 28.3. The SMILES string of the molecule is CC[C@@H](C)[C@H]1C(=O)N2NCCC[C@@H]2C(=O)N2NCCC[C@H]2C(=O)N(C)[C@H](Cc2ccccc2)C(=O)N2CCC[C@H]2C(=O)N[C@H](Cc2ccccc2)C(=O)N1O. The predicted octanol–water partition coefficient (Wildman–Crippen LogP) is 1.41. The number of rotatable bonds is 6. The second-order valence-corrected chi connectivity index (χ2v) is 15.2. The summed E-state index contributed by atoms with van der Waals surface area (Å²) in [4.78, 5) is 90.0. The van der Waals surface area contributed by atoms with Gasteiger partial charge in [-0.15, -0.1) is 0 Å². The van der Waals surface area contributed by atoms with Gasteiger partial charge in [0.1, 0.15) is 36.3 Å². The van der Waals surface area contributed by atoms with Crippen molar-refractivity contribution in [3.8, 4) is 0 Å². The largest absolute Gasteiger partial charge is 0.342 e. The van der Waals surface area contributed by atoms with E-state index in [1.165, 1.54) is 19.8 Å². The van der Waals surface area contributed by atoms with Crippen LogP contribution in [0, 0.1) is 5.92 Å². The molecule has 6 rings (SSSR count). The highest BCUT2D eigenvalue weighted by Gasteiger charge is 2.48. The molecule has 4 N–H and O–H groups in total. The highest BCUT2D eigenvalue weighted by atomic mass is 16.5. The molecule has 0 unspecified atom stereocenters. The summed E-state index contributed by atoms with van der Waals surface area (Å²) in [6.45, 7) is 4.62. The molecule has 0 radical (unpaired) electrons. The van der Waals surface area contributed by atoms with Crippen LogP contribution >= 0.6 is 0 Å². The van der Waals surface area contributed by atoms with E-state index in [-0.39, 0.29) is 25.8 Å². The predicted molar refractivity (Wildman–Crippen MR) is 201 cm³/mol. The molecular weight excluding hydrogens is 704 g/mol. The zero-order valence-corrected chi connectivity index (χ0v) is 31.9. The summed E-state index contributed by atoms with van der Waals surface area (Å²) in [5, 5.41) is 17.5. The number of hydrazine groups is 2. The average molecular weight is 759 g/mol. The van der Waals surface area contributed by atoms with Crippen molar-refractivity contribution < 1.29 is 34.0 Å². The quantitative estimate of drug-likeness (QED) is 0.318. The maximum Gasteiger partial charge on any atom is 0.269 e. The highest BCUT2D eigenvalue weighted by Crippen LogP contribution is 2.27. The Kier molecular flexibility index (Phi) is 12.8. The molecule has 4 aliphatic rings. The maximum absolute atomic E-state index is 14.7. The first-order valence-corrected chi connectivity index (χ1v) is 19.6. The van der Waals surface area contributed by atoms with Crippen molar-refractivity contribution in [2.24, 2.45) is 5.92 Å². The second kappa shape index (κ2) is 17.7. The van der Waals surface area contributed by atoms with E-state index in [1.54, 1.807) is 38.2 Å². The third-order valence-electron chi connectivity index (χ3n) is 11.6. The van der Waals surface area contributed by atoms with Crippen molar-refractivity contribution in [3.63, 3.8) is 0 Å². The molecule has 0 spiro atoms. The average Bonchev–Trinajstić information content (AvgIpc) is 3.72. The van der Waals surface area contributed by atoms with Gasteiger partial charge in [0.15, 0.2) is 0 Å². The minimum Gasteiger partial charge on any atom is -0.342 e. The number of amides is 6. The minimum absolute atomic E-state index is 0.00349. The molecule has 296 valence electrons. The number of hydrogen-bond donors (Lipinski definition) is 4. The van der Waals surface area contributed by atoms with E-state index >= 15 is 0 Å². The summed E-state index contributed by atoms with van der Waals surface area (Å²) in [5.41, 5.74) is 7.67. The third-order valence-corrected chi connectivity index (χ3v) is 11.6. The van der Waals surface area contributed by atoms with Crippen molar-refractivity contribution >= 4 is 35.4 Å². The van der Waals surface area contributed by atoms with E-state index < -0.39 is 77.6 Å². The van der Waals surface area contributed by atoms with Crippen molar-refractivity contribution in [2.45, 2.75) is 108 Å². The van der Waals surface area contributed by atoms with Crippen molar-refractivity contribution in [2.75, 3.05) is 26.7 Å². The van der Waals surface area contributed by atoms with Crippen molar-refractivity contribution in [1.29, 1.82) is 0 Å². The van der Waals surface area contributed by atoms with Gasteiger partial charge in [-0.05, 0) is 55.6 Å². The summed E-state index contributed by atoms with van der Waals surface area (Å²) in [6.07, 6.45) is 3.17. The van der Waals surface area contributed by atoms with E-state index in [1.807, 2.05) is 43.3 Å². The number of nitrogens with one attached hydrogen (secondary N) is 3. The fraction of sp³-hybridized carbons (Fsp3) is 0.550. The van der Waals surface area contributed by atoms with Gasteiger partial charge in [-0.25, -0.2) is 15.9 Å². The summed E-state index contributed by atoms with van der Waals surface area (Å²) in [7, 11) is 1.56. The number of fused-ring (bicyclic) bond motifs is 3. The van der Waals surface area contributed by atoms with Crippen LogP contribution in [0.2, 0.25) is 0 Å². The Hall–Kier alpha value is -4.86. The molecule has 0 aromatic heterocycles. The van der Waals surface area contributed by atoms with Gasteiger partial charge in [0.25, 0.3) is 17.7 Å². The Morgan fingerprint density at radius 2 is 1.24 bits per heavy atom. The van der Waals surface area contributed by atoms with Crippen LogP contribution in [0.4, 0.5) is 0 Å². The van der Waals surface area contributed by atoms with Gasteiger partial charge in [0, 0.05) is 39.5 Å².